The summed E-state index contributed by atoms with van der Waals surface area (Å²) in [7, 11) is 0. The van der Waals surface area contributed by atoms with Crippen molar-refractivity contribution in [2.75, 3.05) is 19.8 Å². The van der Waals surface area contributed by atoms with Gasteiger partial charge >= 0.3 is 6.09 Å². The first-order valence-electron chi connectivity index (χ1n) is 4.88. The molecule has 0 bridgehead atoms. The Hall–Kier alpha value is -0.770. The largest absolute Gasteiger partial charge is 0.450 e. The third-order valence-electron chi connectivity index (χ3n) is 2.59. The first-order valence-corrected chi connectivity index (χ1v) is 4.88. The Morgan fingerprint density at radius 1 is 1.69 bits per heavy atom. The quantitative estimate of drug-likeness (QED) is 0.603. The summed E-state index contributed by atoms with van der Waals surface area (Å²) in [6.45, 7) is 3.91. The fourth-order valence-electron chi connectivity index (χ4n) is 1.89. The lowest BCUT2D eigenvalue weighted by Crippen LogP contribution is -2.39. The summed E-state index contributed by atoms with van der Waals surface area (Å²) in [5.41, 5.74) is 0. The maximum Gasteiger partial charge on any atom is 0.410 e. The summed E-state index contributed by atoms with van der Waals surface area (Å²) in [4.78, 5) is 13.2. The normalized spacial score (nSPS) is 31.9. The highest BCUT2D eigenvalue weighted by atomic mass is 16.6. The number of ether oxygens (including phenoxy) is 2. The smallest absolute Gasteiger partial charge is 0.410 e. The van der Waals surface area contributed by atoms with E-state index in [1.54, 1.807) is 4.90 Å². The molecule has 0 N–H and O–H groups in total. The molecule has 2 aliphatic heterocycles. The van der Waals surface area contributed by atoms with E-state index < -0.39 is 0 Å². The molecule has 0 aliphatic carbocycles. The number of likely N-dealkylation sites (tertiary alicyclic amines) is 1. The van der Waals surface area contributed by atoms with Crippen LogP contribution in [-0.2, 0) is 9.47 Å². The summed E-state index contributed by atoms with van der Waals surface area (Å²) >= 11 is 0. The highest BCUT2D eigenvalue weighted by molar-refractivity contribution is 5.68. The van der Waals surface area contributed by atoms with Gasteiger partial charge in [-0.2, -0.15) is 0 Å². The van der Waals surface area contributed by atoms with Crippen LogP contribution in [0.4, 0.5) is 4.79 Å². The Bertz CT molecular complexity index is 203. The predicted octanol–water partition coefficient (Wildman–Crippen LogP) is 1.01. The van der Waals surface area contributed by atoms with Crippen LogP contribution >= 0.6 is 0 Å². The molecule has 2 saturated heterocycles. The van der Waals surface area contributed by atoms with Gasteiger partial charge in [-0.3, -0.25) is 0 Å². The molecule has 1 amide bonds. The molecule has 0 spiro atoms. The maximum absolute atomic E-state index is 11.4. The molecule has 0 aromatic carbocycles. The molecule has 13 heavy (non-hydrogen) atoms. The molecule has 0 aromatic rings. The maximum atomic E-state index is 11.4. The van der Waals surface area contributed by atoms with E-state index in [1.807, 2.05) is 6.92 Å². The molecule has 74 valence electrons. The lowest BCUT2D eigenvalue weighted by Gasteiger charge is -2.21. The van der Waals surface area contributed by atoms with Gasteiger partial charge in [0.25, 0.3) is 0 Å². The van der Waals surface area contributed by atoms with Gasteiger partial charge in [0.2, 0.25) is 0 Å². The summed E-state index contributed by atoms with van der Waals surface area (Å²) in [6.07, 6.45) is 2.24. The first-order chi connectivity index (χ1) is 6.33. The Kier molecular flexibility index (Phi) is 2.40. The van der Waals surface area contributed by atoms with Gasteiger partial charge < -0.3 is 14.4 Å². The lowest BCUT2D eigenvalue weighted by atomic mass is 10.2. The third-order valence-corrected chi connectivity index (χ3v) is 2.59. The fraction of sp³-hybridized carbons (Fsp3) is 0.889. The van der Waals surface area contributed by atoms with Gasteiger partial charge in [-0.25, -0.2) is 4.79 Å². The Balaban J connectivity index is 1.92. The van der Waals surface area contributed by atoms with Gasteiger partial charge in [-0.15, -0.1) is 0 Å². The van der Waals surface area contributed by atoms with E-state index in [1.165, 1.54) is 0 Å². The molecule has 0 unspecified atom stereocenters. The SMILES string of the molecule is CCOC(=O)N1CCC[C@H]1[C@H]1CO1. The minimum Gasteiger partial charge on any atom is -0.450 e. The second kappa shape index (κ2) is 3.54. The summed E-state index contributed by atoms with van der Waals surface area (Å²) in [5, 5.41) is 0. The van der Waals surface area contributed by atoms with Crippen LogP contribution in [0.3, 0.4) is 0 Å². The topological polar surface area (TPSA) is 42.1 Å². The van der Waals surface area contributed by atoms with Crippen molar-refractivity contribution in [2.45, 2.75) is 31.9 Å². The minimum absolute atomic E-state index is 0.180. The Morgan fingerprint density at radius 3 is 3.08 bits per heavy atom. The van der Waals surface area contributed by atoms with E-state index in [0.29, 0.717) is 6.61 Å². The zero-order chi connectivity index (χ0) is 9.26. The zero-order valence-electron chi connectivity index (χ0n) is 7.86. The van der Waals surface area contributed by atoms with Crippen LogP contribution in [0.5, 0.6) is 0 Å². The summed E-state index contributed by atoms with van der Waals surface area (Å²) in [5.74, 6) is 0. The van der Waals surface area contributed by atoms with Gasteiger partial charge in [-0.1, -0.05) is 0 Å². The predicted molar refractivity (Wildman–Crippen MR) is 46.5 cm³/mol. The van der Waals surface area contributed by atoms with Crippen LogP contribution in [0.2, 0.25) is 0 Å². The van der Waals surface area contributed by atoms with Gasteiger partial charge in [0.1, 0.15) is 6.10 Å². The summed E-state index contributed by atoms with van der Waals surface area (Å²) < 4.78 is 10.2. The minimum atomic E-state index is -0.180. The van der Waals surface area contributed by atoms with Gasteiger partial charge in [0.05, 0.1) is 19.3 Å². The number of nitrogens with zero attached hydrogens (tertiary/aromatic N) is 1. The summed E-state index contributed by atoms with van der Waals surface area (Å²) in [6, 6.07) is 0.277. The monoisotopic (exact) mass is 185 g/mol. The van der Waals surface area contributed by atoms with Crippen LogP contribution < -0.4 is 0 Å². The van der Waals surface area contributed by atoms with Crippen molar-refractivity contribution in [1.29, 1.82) is 0 Å². The third kappa shape index (κ3) is 1.77. The van der Waals surface area contributed by atoms with Crippen LogP contribution in [-0.4, -0.2) is 42.9 Å². The van der Waals surface area contributed by atoms with Crippen molar-refractivity contribution in [3.8, 4) is 0 Å². The number of hydrogen-bond acceptors (Lipinski definition) is 3. The molecule has 0 aromatic heterocycles. The molecule has 2 atom stereocenters. The van der Waals surface area contributed by atoms with E-state index in [-0.39, 0.29) is 18.2 Å². The van der Waals surface area contributed by atoms with E-state index in [2.05, 4.69) is 0 Å². The van der Waals surface area contributed by atoms with Crippen molar-refractivity contribution in [2.24, 2.45) is 0 Å². The highest BCUT2D eigenvalue weighted by Gasteiger charge is 2.41. The zero-order valence-corrected chi connectivity index (χ0v) is 7.86. The lowest BCUT2D eigenvalue weighted by molar-refractivity contribution is 0.0971. The Morgan fingerprint density at radius 2 is 2.46 bits per heavy atom. The van der Waals surface area contributed by atoms with Crippen molar-refractivity contribution < 1.29 is 14.3 Å². The van der Waals surface area contributed by atoms with E-state index in [9.17, 15) is 4.79 Å². The van der Waals surface area contributed by atoms with Gasteiger partial charge in [0.15, 0.2) is 0 Å². The molecular weight excluding hydrogens is 170 g/mol. The fourth-order valence-corrected chi connectivity index (χ4v) is 1.89. The second-order valence-corrected chi connectivity index (χ2v) is 3.47. The average molecular weight is 185 g/mol. The van der Waals surface area contributed by atoms with Gasteiger partial charge in [0, 0.05) is 6.54 Å². The average Bonchev–Trinajstić information content (AvgIpc) is 2.84. The molecule has 2 rings (SSSR count). The van der Waals surface area contributed by atoms with E-state index >= 15 is 0 Å². The van der Waals surface area contributed by atoms with Gasteiger partial charge in [-0.05, 0) is 19.8 Å². The van der Waals surface area contributed by atoms with E-state index in [4.69, 9.17) is 9.47 Å². The molecule has 2 heterocycles. The van der Waals surface area contributed by atoms with E-state index in [0.717, 1.165) is 26.0 Å². The standard InChI is InChI=1S/C9H15NO3/c1-2-12-9(11)10-5-3-4-7(10)8-6-13-8/h7-8H,2-6H2,1H3/t7-,8+/m0/s1. The number of rotatable bonds is 2. The second-order valence-electron chi connectivity index (χ2n) is 3.47. The molecule has 4 heteroatoms. The van der Waals surface area contributed by atoms with Crippen LogP contribution in [0, 0.1) is 0 Å². The number of amides is 1. The van der Waals surface area contributed by atoms with Crippen LogP contribution in [0.15, 0.2) is 0 Å². The van der Waals surface area contributed by atoms with Crippen molar-refractivity contribution in [1.82, 2.24) is 4.90 Å². The number of carbonyl (C=O) groups is 1. The first kappa shape index (κ1) is 8.81. The van der Waals surface area contributed by atoms with Crippen molar-refractivity contribution >= 4 is 6.09 Å². The highest BCUT2D eigenvalue weighted by Crippen LogP contribution is 2.28. The number of epoxide rings is 1. The molecule has 2 aliphatic rings. The molecule has 0 saturated carbocycles. The Labute approximate surface area is 77.8 Å². The van der Waals surface area contributed by atoms with Crippen LogP contribution in [0.1, 0.15) is 19.8 Å². The molecule has 4 nitrogen and oxygen atoms in total. The van der Waals surface area contributed by atoms with Crippen molar-refractivity contribution in [3.05, 3.63) is 0 Å². The molecular formula is C9H15NO3. The molecule has 2 fully saturated rings. The number of carbonyl (C=O) groups excluding carboxylic acids is 1. The van der Waals surface area contributed by atoms with Crippen molar-refractivity contribution in [3.63, 3.8) is 0 Å². The molecule has 0 radical (unpaired) electrons. The number of hydrogen-bond donors (Lipinski definition) is 0. The van der Waals surface area contributed by atoms with Crippen LogP contribution in [0.25, 0.3) is 0 Å².